The van der Waals surface area contributed by atoms with Crippen molar-refractivity contribution in [2.75, 3.05) is 18.6 Å². The maximum Gasteiger partial charge on any atom is 0.187 e. The fraction of sp³-hybridized carbons (Fsp3) is 0.750. The van der Waals surface area contributed by atoms with Crippen LogP contribution in [-0.2, 0) is 11.2 Å². The number of aryl methyl sites for hydroxylation is 1. The lowest BCUT2D eigenvalue weighted by molar-refractivity contribution is -0.164. The van der Waals surface area contributed by atoms with E-state index in [1.807, 2.05) is 25.8 Å². The van der Waals surface area contributed by atoms with E-state index in [2.05, 4.69) is 9.97 Å². The molecule has 2 atom stereocenters. The number of ether oxygens (including phenoxy) is 1. The molecule has 2 unspecified atom stereocenters. The van der Waals surface area contributed by atoms with Crippen molar-refractivity contribution < 1.29 is 9.13 Å². The first-order valence-electron chi connectivity index (χ1n) is 7.97. The zero-order valence-electron chi connectivity index (χ0n) is 13.1. The van der Waals surface area contributed by atoms with Crippen molar-refractivity contribution in [2.45, 2.75) is 58.1 Å². The van der Waals surface area contributed by atoms with Crippen LogP contribution in [0.3, 0.4) is 0 Å². The van der Waals surface area contributed by atoms with E-state index in [1.54, 1.807) is 0 Å². The maximum atomic E-state index is 14.5. The Balaban J connectivity index is 1.82. The zero-order chi connectivity index (χ0) is 15.0. The molecule has 2 saturated carbocycles. The van der Waals surface area contributed by atoms with Gasteiger partial charge in [-0.3, -0.25) is 0 Å². The highest BCUT2D eigenvalue weighted by Crippen LogP contribution is 2.59. The van der Waals surface area contributed by atoms with Gasteiger partial charge in [0.05, 0.1) is 11.8 Å². The van der Waals surface area contributed by atoms with E-state index in [0.29, 0.717) is 30.1 Å². The van der Waals surface area contributed by atoms with Gasteiger partial charge in [-0.05, 0) is 32.6 Å². The minimum absolute atomic E-state index is 0.217. The summed E-state index contributed by atoms with van der Waals surface area (Å²) in [5, 5.41) is 0. The smallest absolute Gasteiger partial charge is 0.187 e. The number of nitrogens with zero attached hydrogens (tertiary/aromatic N) is 3. The van der Waals surface area contributed by atoms with Crippen LogP contribution in [0, 0.1) is 11.2 Å². The summed E-state index contributed by atoms with van der Waals surface area (Å²) in [5.74, 6) is 0.171. The van der Waals surface area contributed by atoms with Crippen LogP contribution in [0.2, 0.25) is 0 Å². The average molecular weight is 293 g/mol. The Morgan fingerprint density at radius 3 is 2.71 bits per heavy atom. The summed E-state index contributed by atoms with van der Waals surface area (Å²) in [6.45, 7) is 4.71. The molecule has 0 radical (unpaired) electrons. The van der Waals surface area contributed by atoms with Gasteiger partial charge < -0.3 is 9.64 Å². The molecule has 5 heteroatoms. The monoisotopic (exact) mass is 293 g/mol. The molecular weight excluding hydrogens is 269 g/mol. The van der Waals surface area contributed by atoms with E-state index in [9.17, 15) is 4.39 Å². The molecule has 2 aliphatic carbocycles. The largest absolute Gasteiger partial charge is 0.378 e. The van der Waals surface area contributed by atoms with Gasteiger partial charge >= 0.3 is 0 Å². The van der Waals surface area contributed by atoms with E-state index in [4.69, 9.17) is 4.74 Å². The molecule has 1 aromatic rings. The number of halogens is 1. The maximum absolute atomic E-state index is 14.5. The molecule has 1 heterocycles. The number of rotatable bonds is 5. The highest BCUT2D eigenvalue weighted by Gasteiger charge is 2.60. The zero-order valence-corrected chi connectivity index (χ0v) is 13.1. The first-order valence-corrected chi connectivity index (χ1v) is 7.97. The molecule has 2 fully saturated rings. The molecule has 4 nitrogen and oxygen atoms in total. The number of hydrogen-bond donors (Lipinski definition) is 0. The van der Waals surface area contributed by atoms with Crippen LogP contribution >= 0.6 is 0 Å². The SMILES string of the molecule is CCOC1CC(N(C)c2ncnc(CC)c2F)C12CCC2. The van der Waals surface area contributed by atoms with E-state index in [0.717, 1.165) is 13.0 Å². The van der Waals surface area contributed by atoms with Crippen LogP contribution < -0.4 is 4.90 Å². The van der Waals surface area contributed by atoms with Gasteiger partial charge in [-0.25, -0.2) is 14.4 Å². The lowest BCUT2D eigenvalue weighted by Gasteiger charge is -2.63. The van der Waals surface area contributed by atoms with E-state index >= 15 is 0 Å². The van der Waals surface area contributed by atoms with Crippen LogP contribution in [0.1, 0.15) is 45.2 Å². The molecule has 0 N–H and O–H groups in total. The summed E-state index contributed by atoms with van der Waals surface area (Å²) in [7, 11) is 1.96. The van der Waals surface area contributed by atoms with Crippen molar-refractivity contribution in [2.24, 2.45) is 5.41 Å². The molecule has 1 aromatic heterocycles. The lowest BCUT2D eigenvalue weighted by atomic mass is 9.50. The molecule has 21 heavy (non-hydrogen) atoms. The Labute approximate surface area is 125 Å². The highest BCUT2D eigenvalue weighted by atomic mass is 19.1. The van der Waals surface area contributed by atoms with E-state index < -0.39 is 0 Å². The third-order valence-electron chi connectivity index (χ3n) is 5.37. The highest BCUT2D eigenvalue weighted by molar-refractivity contribution is 5.44. The molecule has 3 rings (SSSR count). The Morgan fingerprint density at radius 2 is 2.14 bits per heavy atom. The molecular formula is C16H24FN3O. The number of hydrogen-bond acceptors (Lipinski definition) is 4. The van der Waals surface area contributed by atoms with Crippen molar-refractivity contribution in [1.82, 2.24) is 9.97 Å². The minimum Gasteiger partial charge on any atom is -0.378 e. The van der Waals surface area contributed by atoms with Gasteiger partial charge in [0.1, 0.15) is 6.33 Å². The van der Waals surface area contributed by atoms with Gasteiger partial charge in [0, 0.05) is 25.1 Å². The van der Waals surface area contributed by atoms with Crippen LogP contribution in [0.5, 0.6) is 0 Å². The van der Waals surface area contributed by atoms with Crippen molar-refractivity contribution in [3.05, 3.63) is 17.8 Å². The molecule has 1 spiro atoms. The summed E-state index contributed by atoms with van der Waals surface area (Å²) in [4.78, 5) is 10.2. The van der Waals surface area contributed by atoms with Gasteiger partial charge in [0.2, 0.25) is 0 Å². The average Bonchev–Trinajstić information content (AvgIpc) is 2.41. The quantitative estimate of drug-likeness (QED) is 0.836. The Bertz CT molecular complexity index is 518. The van der Waals surface area contributed by atoms with Crippen LogP contribution in [-0.4, -0.2) is 35.8 Å². The number of aromatic nitrogens is 2. The predicted molar refractivity (Wildman–Crippen MR) is 79.9 cm³/mol. The fourth-order valence-electron chi connectivity index (χ4n) is 3.98. The second-order valence-corrected chi connectivity index (χ2v) is 6.20. The van der Waals surface area contributed by atoms with Crippen molar-refractivity contribution in [3.8, 4) is 0 Å². The van der Waals surface area contributed by atoms with Crippen molar-refractivity contribution in [3.63, 3.8) is 0 Å². The minimum atomic E-state index is -0.267. The fourth-order valence-corrected chi connectivity index (χ4v) is 3.98. The Hall–Kier alpha value is -1.23. The lowest BCUT2D eigenvalue weighted by Crippen LogP contribution is -2.67. The molecule has 116 valence electrons. The van der Waals surface area contributed by atoms with Gasteiger partial charge in [-0.2, -0.15) is 0 Å². The van der Waals surface area contributed by atoms with Crippen LogP contribution in [0.15, 0.2) is 6.33 Å². The Kier molecular flexibility index (Phi) is 3.86. The van der Waals surface area contributed by atoms with Gasteiger partial charge in [0.15, 0.2) is 11.6 Å². The van der Waals surface area contributed by atoms with Gasteiger partial charge in [0.25, 0.3) is 0 Å². The molecule has 0 aromatic carbocycles. The summed E-state index contributed by atoms with van der Waals surface area (Å²) in [5.41, 5.74) is 0.712. The third-order valence-corrected chi connectivity index (χ3v) is 5.37. The molecule has 2 aliphatic rings. The van der Waals surface area contributed by atoms with E-state index in [1.165, 1.54) is 25.6 Å². The topological polar surface area (TPSA) is 38.2 Å². The Morgan fingerprint density at radius 1 is 1.38 bits per heavy atom. The summed E-state index contributed by atoms with van der Waals surface area (Å²) >= 11 is 0. The standard InChI is InChI=1S/C16H24FN3O/c1-4-11-14(17)15(19-10-18-11)20(3)12-9-13(21-5-2)16(12)7-6-8-16/h10,12-13H,4-9H2,1-3H3. The first kappa shape index (κ1) is 14.7. The summed E-state index contributed by atoms with van der Waals surface area (Å²) < 4.78 is 20.3. The molecule has 0 bridgehead atoms. The van der Waals surface area contributed by atoms with Crippen molar-refractivity contribution >= 4 is 5.82 Å². The normalized spacial score (nSPS) is 26.3. The molecule has 0 amide bonds. The first-order chi connectivity index (χ1) is 10.1. The second kappa shape index (κ2) is 5.52. The third kappa shape index (κ3) is 2.13. The number of anilines is 1. The van der Waals surface area contributed by atoms with Crippen molar-refractivity contribution in [1.29, 1.82) is 0 Å². The molecule has 0 aliphatic heterocycles. The summed E-state index contributed by atoms with van der Waals surface area (Å²) in [6, 6.07) is 0.330. The van der Waals surface area contributed by atoms with Gasteiger partial charge in [-0.1, -0.05) is 13.3 Å². The van der Waals surface area contributed by atoms with Gasteiger partial charge in [-0.15, -0.1) is 0 Å². The predicted octanol–water partition coefficient (Wildman–Crippen LogP) is 2.96. The second-order valence-electron chi connectivity index (χ2n) is 6.20. The molecule has 0 saturated heterocycles. The van der Waals surface area contributed by atoms with Crippen LogP contribution in [0.4, 0.5) is 10.2 Å². The summed E-state index contributed by atoms with van der Waals surface area (Å²) in [6.07, 6.45) is 6.97. The van der Waals surface area contributed by atoms with E-state index in [-0.39, 0.29) is 11.2 Å². The van der Waals surface area contributed by atoms with Crippen LogP contribution in [0.25, 0.3) is 0 Å².